The largest absolute Gasteiger partial charge is 0.389 e. The lowest BCUT2D eigenvalue weighted by atomic mass is 10.1. The molecule has 0 aromatic carbocycles. The third kappa shape index (κ3) is 9.58. The fourth-order valence-corrected chi connectivity index (χ4v) is 1.04. The van der Waals surface area contributed by atoms with E-state index in [9.17, 15) is 13.2 Å². The quantitative estimate of drug-likeness (QED) is 0.523. The van der Waals surface area contributed by atoms with Crippen molar-refractivity contribution in [1.82, 2.24) is 5.32 Å². The van der Waals surface area contributed by atoms with Crippen molar-refractivity contribution in [1.29, 1.82) is 0 Å². The number of nitrogens with one attached hydrogen (secondary N) is 1. The summed E-state index contributed by atoms with van der Waals surface area (Å²) in [7, 11) is 0. The topological polar surface area (TPSA) is 12.0 Å². The monoisotopic (exact) mass is 209 g/mol. The van der Waals surface area contributed by atoms with Crippen LogP contribution in [0.2, 0.25) is 0 Å². The molecule has 14 heavy (non-hydrogen) atoms. The van der Waals surface area contributed by atoms with Crippen LogP contribution < -0.4 is 5.32 Å². The minimum Gasteiger partial charge on any atom is -0.317 e. The SMILES string of the molecule is CCNCCC=C(C)CCC(F)(F)F. The number of alkyl halides is 3. The first-order chi connectivity index (χ1) is 6.45. The lowest BCUT2D eigenvalue weighted by molar-refractivity contribution is -0.133. The number of hydrogen-bond donors (Lipinski definition) is 1. The van der Waals surface area contributed by atoms with Gasteiger partial charge in [-0.15, -0.1) is 0 Å². The zero-order valence-corrected chi connectivity index (χ0v) is 8.75. The highest BCUT2D eigenvalue weighted by Crippen LogP contribution is 2.23. The minimum atomic E-state index is -4.03. The van der Waals surface area contributed by atoms with E-state index in [1.807, 2.05) is 13.0 Å². The number of rotatable bonds is 6. The summed E-state index contributed by atoms with van der Waals surface area (Å²) in [4.78, 5) is 0. The summed E-state index contributed by atoms with van der Waals surface area (Å²) in [5.74, 6) is 0. The summed E-state index contributed by atoms with van der Waals surface area (Å²) < 4.78 is 35.5. The molecule has 0 rings (SSSR count). The van der Waals surface area contributed by atoms with Gasteiger partial charge in [0.05, 0.1) is 0 Å². The van der Waals surface area contributed by atoms with Crippen LogP contribution >= 0.6 is 0 Å². The highest BCUT2D eigenvalue weighted by Gasteiger charge is 2.26. The van der Waals surface area contributed by atoms with Crippen LogP contribution in [-0.2, 0) is 0 Å². The fraction of sp³-hybridized carbons (Fsp3) is 0.800. The predicted molar refractivity (Wildman–Crippen MR) is 52.2 cm³/mol. The van der Waals surface area contributed by atoms with Crippen molar-refractivity contribution >= 4 is 0 Å². The molecule has 0 aromatic heterocycles. The lowest BCUT2D eigenvalue weighted by Crippen LogP contribution is -2.13. The van der Waals surface area contributed by atoms with Crippen LogP contribution in [0.3, 0.4) is 0 Å². The molecule has 1 N–H and O–H groups in total. The molecule has 0 aliphatic heterocycles. The molecule has 0 radical (unpaired) electrons. The molecular weight excluding hydrogens is 191 g/mol. The van der Waals surface area contributed by atoms with Crippen LogP contribution in [0.25, 0.3) is 0 Å². The molecule has 0 spiro atoms. The van der Waals surface area contributed by atoms with E-state index in [2.05, 4.69) is 5.32 Å². The molecule has 0 amide bonds. The van der Waals surface area contributed by atoms with Gasteiger partial charge in [0.15, 0.2) is 0 Å². The maximum atomic E-state index is 11.8. The highest BCUT2D eigenvalue weighted by molar-refractivity contribution is 4.98. The summed E-state index contributed by atoms with van der Waals surface area (Å²) in [6, 6.07) is 0. The van der Waals surface area contributed by atoms with E-state index in [1.54, 1.807) is 6.92 Å². The standard InChI is InChI=1S/C10H18F3N/c1-3-14-8-4-5-9(2)6-7-10(11,12)13/h5,14H,3-4,6-8H2,1-2H3. The first kappa shape index (κ1) is 13.5. The molecule has 0 saturated heterocycles. The second-order valence-electron chi connectivity index (χ2n) is 3.31. The molecule has 1 nitrogen and oxygen atoms in total. The van der Waals surface area contributed by atoms with Gasteiger partial charge in [-0.1, -0.05) is 18.6 Å². The molecule has 0 bridgehead atoms. The third-order valence-corrected chi connectivity index (χ3v) is 1.87. The van der Waals surface area contributed by atoms with Crippen LogP contribution in [0.1, 0.15) is 33.1 Å². The van der Waals surface area contributed by atoms with Crippen molar-refractivity contribution in [3.8, 4) is 0 Å². The molecule has 0 saturated carbocycles. The predicted octanol–water partition coefficient (Wildman–Crippen LogP) is 3.27. The molecule has 0 fully saturated rings. The Morgan fingerprint density at radius 3 is 2.50 bits per heavy atom. The number of allylic oxidation sites excluding steroid dienone is 1. The van der Waals surface area contributed by atoms with Gasteiger partial charge < -0.3 is 5.32 Å². The van der Waals surface area contributed by atoms with Gasteiger partial charge in [-0.3, -0.25) is 0 Å². The molecule has 0 heterocycles. The van der Waals surface area contributed by atoms with Crippen molar-refractivity contribution in [2.75, 3.05) is 13.1 Å². The first-order valence-corrected chi connectivity index (χ1v) is 4.89. The Balaban J connectivity index is 3.57. The van der Waals surface area contributed by atoms with Crippen molar-refractivity contribution in [3.63, 3.8) is 0 Å². The smallest absolute Gasteiger partial charge is 0.317 e. The van der Waals surface area contributed by atoms with E-state index < -0.39 is 12.6 Å². The normalized spacial score (nSPS) is 13.4. The zero-order chi connectivity index (χ0) is 11.0. The van der Waals surface area contributed by atoms with Crippen molar-refractivity contribution < 1.29 is 13.2 Å². The number of hydrogen-bond acceptors (Lipinski definition) is 1. The summed E-state index contributed by atoms with van der Waals surface area (Å²) >= 11 is 0. The molecule has 0 aliphatic carbocycles. The van der Waals surface area contributed by atoms with Crippen molar-refractivity contribution in [3.05, 3.63) is 11.6 Å². The van der Waals surface area contributed by atoms with Crippen LogP contribution in [-0.4, -0.2) is 19.3 Å². The Hall–Kier alpha value is -0.510. The second-order valence-corrected chi connectivity index (χ2v) is 3.31. The highest BCUT2D eigenvalue weighted by atomic mass is 19.4. The van der Waals surface area contributed by atoms with E-state index in [4.69, 9.17) is 0 Å². The van der Waals surface area contributed by atoms with Gasteiger partial charge >= 0.3 is 6.18 Å². The van der Waals surface area contributed by atoms with E-state index in [-0.39, 0.29) is 6.42 Å². The maximum absolute atomic E-state index is 11.8. The van der Waals surface area contributed by atoms with Crippen LogP contribution in [0, 0.1) is 0 Å². The Bertz CT molecular complexity index is 173. The molecule has 0 aliphatic rings. The van der Waals surface area contributed by atoms with Gasteiger partial charge in [0.1, 0.15) is 0 Å². The Morgan fingerprint density at radius 1 is 1.36 bits per heavy atom. The molecule has 0 unspecified atom stereocenters. The summed E-state index contributed by atoms with van der Waals surface area (Å²) in [5.41, 5.74) is 0.820. The van der Waals surface area contributed by atoms with Crippen LogP contribution in [0.4, 0.5) is 13.2 Å². The van der Waals surface area contributed by atoms with E-state index in [1.165, 1.54) is 0 Å². The maximum Gasteiger partial charge on any atom is 0.389 e. The second kappa shape index (κ2) is 6.87. The zero-order valence-electron chi connectivity index (χ0n) is 8.75. The van der Waals surface area contributed by atoms with Gasteiger partial charge in [-0.2, -0.15) is 13.2 Å². The van der Waals surface area contributed by atoms with Gasteiger partial charge in [0.2, 0.25) is 0 Å². The molecule has 0 atom stereocenters. The van der Waals surface area contributed by atoms with Crippen LogP contribution in [0.15, 0.2) is 11.6 Å². The van der Waals surface area contributed by atoms with Crippen molar-refractivity contribution in [2.24, 2.45) is 0 Å². The van der Waals surface area contributed by atoms with Gasteiger partial charge in [-0.25, -0.2) is 0 Å². The minimum absolute atomic E-state index is 0.121. The number of halogens is 3. The molecular formula is C10H18F3N. The summed E-state index contributed by atoms with van der Waals surface area (Å²) in [6.45, 7) is 5.48. The molecule has 0 aromatic rings. The van der Waals surface area contributed by atoms with E-state index in [0.29, 0.717) is 0 Å². The Morgan fingerprint density at radius 2 is 2.00 bits per heavy atom. The summed E-state index contributed by atoms with van der Waals surface area (Å²) in [5, 5.41) is 3.11. The summed E-state index contributed by atoms with van der Waals surface area (Å²) in [6.07, 6.45) is -1.95. The Labute approximate surface area is 83.4 Å². The van der Waals surface area contributed by atoms with Crippen LogP contribution in [0.5, 0.6) is 0 Å². The fourth-order valence-electron chi connectivity index (χ4n) is 1.04. The Kier molecular flexibility index (Phi) is 6.62. The van der Waals surface area contributed by atoms with Crippen molar-refractivity contribution in [2.45, 2.75) is 39.3 Å². The average Bonchev–Trinajstić information content (AvgIpc) is 2.08. The van der Waals surface area contributed by atoms with E-state index in [0.717, 1.165) is 25.1 Å². The molecule has 4 heteroatoms. The average molecular weight is 209 g/mol. The molecule has 84 valence electrons. The van der Waals surface area contributed by atoms with Gasteiger partial charge in [0.25, 0.3) is 0 Å². The third-order valence-electron chi connectivity index (χ3n) is 1.87. The lowest BCUT2D eigenvalue weighted by Gasteiger charge is -2.06. The van der Waals surface area contributed by atoms with Gasteiger partial charge in [-0.05, 0) is 32.9 Å². The van der Waals surface area contributed by atoms with Gasteiger partial charge in [0, 0.05) is 6.42 Å². The first-order valence-electron chi connectivity index (χ1n) is 4.89. The van der Waals surface area contributed by atoms with E-state index >= 15 is 0 Å².